The third kappa shape index (κ3) is 4.36. The predicted molar refractivity (Wildman–Crippen MR) is 139 cm³/mol. The molecule has 36 heavy (non-hydrogen) atoms. The van der Waals surface area contributed by atoms with E-state index < -0.39 is 5.67 Å². The molecule has 9 heteroatoms. The van der Waals surface area contributed by atoms with Crippen LogP contribution in [-0.4, -0.2) is 57.9 Å². The number of halogens is 1. The zero-order valence-electron chi connectivity index (χ0n) is 20.2. The first kappa shape index (κ1) is 22.5. The van der Waals surface area contributed by atoms with Crippen LogP contribution in [0.15, 0.2) is 55.0 Å². The van der Waals surface area contributed by atoms with Crippen molar-refractivity contribution in [3.8, 4) is 11.1 Å². The van der Waals surface area contributed by atoms with E-state index in [0.717, 1.165) is 40.8 Å². The highest BCUT2D eigenvalue weighted by Gasteiger charge is 2.34. The second-order valence-electron chi connectivity index (χ2n) is 9.90. The fourth-order valence-corrected chi connectivity index (χ4v) is 5.06. The van der Waals surface area contributed by atoms with Crippen molar-refractivity contribution in [1.82, 2.24) is 20.2 Å². The molecule has 3 aromatic heterocycles. The normalized spacial score (nSPS) is 19.8. The Morgan fingerprint density at radius 3 is 2.64 bits per heavy atom. The third-order valence-corrected chi connectivity index (χ3v) is 7.06. The number of alkyl halides is 1. The highest BCUT2D eigenvalue weighted by molar-refractivity contribution is 6.11. The first-order valence-corrected chi connectivity index (χ1v) is 12.3. The van der Waals surface area contributed by atoms with Gasteiger partial charge in [-0.1, -0.05) is 6.07 Å². The van der Waals surface area contributed by atoms with Crippen molar-refractivity contribution in [3.63, 3.8) is 0 Å². The summed E-state index contributed by atoms with van der Waals surface area (Å²) in [6.07, 6.45) is 8.24. The molecule has 1 atom stereocenters. The zero-order chi connectivity index (χ0) is 24.7. The summed E-state index contributed by atoms with van der Waals surface area (Å²) in [6.45, 7) is 4.67. The van der Waals surface area contributed by atoms with E-state index in [2.05, 4.69) is 36.4 Å². The van der Waals surface area contributed by atoms with Gasteiger partial charge in [0, 0.05) is 43.2 Å². The summed E-state index contributed by atoms with van der Waals surface area (Å²) in [5.41, 5.74) is 3.55. The average Bonchev–Trinajstić information content (AvgIpc) is 3.64. The van der Waals surface area contributed by atoms with Gasteiger partial charge in [0.05, 0.1) is 35.8 Å². The van der Waals surface area contributed by atoms with Crippen molar-refractivity contribution in [2.24, 2.45) is 0 Å². The number of aromatic nitrogens is 4. The van der Waals surface area contributed by atoms with Crippen LogP contribution in [0, 0.1) is 0 Å². The minimum absolute atomic E-state index is 0.312. The number of rotatable bonds is 5. The standard InChI is InChI=1S/C27H28FN7O/c1-27(28)8-11-35(17-27)24-7-5-20(15-30-24)31-26(36)25-22-13-18(4-6-23(22)32-33-25)19-12-21(16-29-14-19)34-9-2-3-10-34/h4-7,12-16H,2-3,8-11,17H2,1H3,(H,31,36)(H,32,33). The lowest BCUT2D eigenvalue weighted by Crippen LogP contribution is -2.26. The first-order chi connectivity index (χ1) is 17.4. The number of carbonyl (C=O) groups is 1. The molecule has 0 aliphatic carbocycles. The van der Waals surface area contributed by atoms with Crippen LogP contribution in [0.3, 0.4) is 0 Å². The number of hydrogen-bond donors (Lipinski definition) is 2. The molecule has 0 spiro atoms. The van der Waals surface area contributed by atoms with Gasteiger partial charge in [-0.15, -0.1) is 0 Å². The molecule has 184 valence electrons. The SMILES string of the molecule is CC1(F)CCN(c2ccc(NC(=O)c3n[nH]c4ccc(-c5cncc(N6CCCC6)c5)cc34)cn2)C1. The maximum atomic E-state index is 14.2. The summed E-state index contributed by atoms with van der Waals surface area (Å²) < 4.78 is 14.2. The molecule has 5 heterocycles. The maximum absolute atomic E-state index is 14.2. The number of nitrogens with one attached hydrogen (secondary N) is 2. The first-order valence-electron chi connectivity index (χ1n) is 12.3. The number of fused-ring (bicyclic) bond motifs is 1. The Labute approximate surface area is 208 Å². The van der Waals surface area contributed by atoms with Crippen molar-refractivity contribution in [1.29, 1.82) is 0 Å². The van der Waals surface area contributed by atoms with Gasteiger partial charge in [-0.3, -0.25) is 14.9 Å². The van der Waals surface area contributed by atoms with Gasteiger partial charge in [-0.25, -0.2) is 9.37 Å². The lowest BCUT2D eigenvalue weighted by molar-refractivity contribution is 0.102. The Hall–Kier alpha value is -4.01. The second-order valence-corrected chi connectivity index (χ2v) is 9.90. The van der Waals surface area contributed by atoms with Crippen molar-refractivity contribution < 1.29 is 9.18 Å². The van der Waals surface area contributed by atoms with Gasteiger partial charge < -0.3 is 15.1 Å². The smallest absolute Gasteiger partial charge is 0.276 e. The van der Waals surface area contributed by atoms with Crippen LogP contribution in [0.5, 0.6) is 0 Å². The molecule has 2 N–H and O–H groups in total. The van der Waals surface area contributed by atoms with E-state index in [1.807, 2.05) is 35.5 Å². The minimum atomic E-state index is -1.19. The van der Waals surface area contributed by atoms with Crippen LogP contribution >= 0.6 is 0 Å². The Bertz CT molecular complexity index is 1410. The Morgan fingerprint density at radius 1 is 1.03 bits per heavy atom. The maximum Gasteiger partial charge on any atom is 0.276 e. The molecule has 2 aliphatic rings. The van der Waals surface area contributed by atoms with Crippen molar-refractivity contribution in [2.45, 2.75) is 31.9 Å². The van der Waals surface area contributed by atoms with E-state index >= 15 is 0 Å². The van der Waals surface area contributed by atoms with Crippen LogP contribution in [-0.2, 0) is 0 Å². The number of hydrogen-bond acceptors (Lipinski definition) is 6. The van der Waals surface area contributed by atoms with Crippen molar-refractivity contribution in [2.75, 3.05) is 41.3 Å². The number of benzene rings is 1. The van der Waals surface area contributed by atoms with Gasteiger partial charge >= 0.3 is 0 Å². The van der Waals surface area contributed by atoms with Crippen LogP contribution < -0.4 is 15.1 Å². The van der Waals surface area contributed by atoms with Gasteiger partial charge in [0.1, 0.15) is 11.5 Å². The lowest BCUT2D eigenvalue weighted by atomic mass is 10.0. The van der Waals surface area contributed by atoms with Gasteiger partial charge in [0.25, 0.3) is 5.91 Å². The third-order valence-electron chi connectivity index (χ3n) is 7.06. The molecule has 2 saturated heterocycles. The molecule has 0 radical (unpaired) electrons. The van der Waals surface area contributed by atoms with Gasteiger partial charge in [0.2, 0.25) is 0 Å². The zero-order valence-corrected chi connectivity index (χ0v) is 20.2. The van der Waals surface area contributed by atoms with Crippen molar-refractivity contribution >= 4 is 34.0 Å². The van der Waals surface area contributed by atoms with E-state index in [1.54, 1.807) is 25.3 Å². The van der Waals surface area contributed by atoms with Crippen LogP contribution in [0.1, 0.15) is 36.7 Å². The molecule has 1 aromatic carbocycles. The number of aromatic amines is 1. The van der Waals surface area contributed by atoms with E-state index in [-0.39, 0.29) is 5.91 Å². The van der Waals surface area contributed by atoms with Crippen LogP contribution in [0.4, 0.5) is 21.6 Å². The summed E-state index contributed by atoms with van der Waals surface area (Å²) in [6, 6.07) is 11.7. The molecular weight excluding hydrogens is 457 g/mol. The Kier molecular flexibility index (Phi) is 5.55. The monoisotopic (exact) mass is 485 g/mol. The molecule has 6 rings (SSSR count). The van der Waals surface area contributed by atoms with Crippen LogP contribution in [0.25, 0.3) is 22.0 Å². The van der Waals surface area contributed by atoms with Gasteiger partial charge in [-0.05, 0) is 55.7 Å². The summed E-state index contributed by atoms with van der Waals surface area (Å²) in [5, 5.41) is 10.8. The summed E-state index contributed by atoms with van der Waals surface area (Å²) >= 11 is 0. The molecule has 4 aromatic rings. The molecule has 1 amide bonds. The van der Waals surface area contributed by atoms with E-state index in [9.17, 15) is 9.18 Å². The fraction of sp³-hybridized carbons (Fsp3) is 0.333. The largest absolute Gasteiger partial charge is 0.370 e. The van der Waals surface area contributed by atoms with Gasteiger partial charge in [-0.2, -0.15) is 5.10 Å². The average molecular weight is 486 g/mol. The molecule has 8 nitrogen and oxygen atoms in total. The van der Waals surface area contributed by atoms with E-state index in [1.165, 1.54) is 12.8 Å². The highest BCUT2D eigenvalue weighted by atomic mass is 19.1. The minimum Gasteiger partial charge on any atom is -0.370 e. The van der Waals surface area contributed by atoms with E-state index in [0.29, 0.717) is 36.7 Å². The number of carbonyl (C=O) groups excluding carboxylic acids is 1. The number of H-pyrrole nitrogens is 1. The molecular formula is C27H28FN7O. The number of nitrogens with zero attached hydrogens (tertiary/aromatic N) is 5. The number of amides is 1. The van der Waals surface area contributed by atoms with E-state index in [4.69, 9.17) is 0 Å². The molecule has 2 fully saturated rings. The lowest BCUT2D eigenvalue weighted by Gasteiger charge is -2.18. The Balaban J connectivity index is 1.21. The summed E-state index contributed by atoms with van der Waals surface area (Å²) in [5.74, 6) is 0.378. The molecule has 0 bridgehead atoms. The predicted octanol–water partition coefficient (Wildman–Crippen LogP) is 4.81. The molecule has 0 saturated carbocycles. The molecule has 1 unspecified atom stereocenters. The summed E-state index contributed by atoms with van der Waals surface area (Å²) in [7, 11) is 0. The Morgan fingerprint density at radius 2 is 1.89 bits per heavy atom. The van der Waals surface area contributed by atoms with Crippen LogP contribution in [0.2, 0.25) is 0 Å². The van der Waals surface area contributed by atoms with Crippen molar-refractivity contribution in [3.05, 3.63) is 60.7 Å². The molecule has 2 aliphatic heterocycles. The number of anilines is 3. The fourth-order valence-electron chi connectivity index (χ4n) is 5.06. The number of pyridine rings is 2. The van der Waals surface area contributed by atoms with Gasteiger partial charge in [0.15, 0.2) is 5.69 Å². The summed E-state index contributed by atoms with van der Waals surface area (Å²) in [4.78, 5) is 26.2. The second kappa shape index (κ2) is 8.89. The topological polar surface area (TPSA) is 90.0 Å². The quantitative estimate of drug-likeness (QED) is 0.422. The highest BCUT2D eigenvalue weighted by Crippen LogP contribution is 2.30.